The summed E-state index contributed by atoms with van der Waals surface area (Å²) in [5, 5.41) is 11.3. The molecule has 3 aromatic rings. The van der Waals surface area contributed by atoms with Gasteiger partial charge in [0.2, 0.25) is 0 Å². The molecule has 0 aliphatic carbocycles. The van der Waals surface area contributed by atoms with Crippen LogP contribution in [0.4, 0.5) is 10.5 Å². The van der Waals surface area contributed by atoms with Gasteiger partial charge in [0, 0.05) is 11.3 Å². The van der Waals surface area contributed by atoms with Crippen molar-refractivity contribution in [2.45, 2.75) is 13.2 Å². The first-order chi connectivity index (χ1) is 12.2. The maximum atomic E-state index is 12.0. The monoisotopic (exact) mass is 339 g/mol. The molecule has 25 heavy (non-hydrogen) atoms. The van der Waals surface area contributed by atoms with Crippen molar-refractivity contribution >= 4 is 11.7 Å². The van der Waals surface area contributed by atoms with Crippen LogP contribution in [-0.4, -0.2) is 21.2 Å². The number of hydrogen-bond acceptors (Lipinski definition) is 4. The lowest BCUT2D eigenvalue weighted by Crippen LogP contribution is -2.29. The predicted molar refractivity (Wildman–Crippen MR) is 92.3 cm³/mol. The number of amides is 2. The van der Waals surface area contributed by atoms with Crippen molar-refractivity contribution in [3.05, 3.63) is 76.5 Å². The zero-order valence-corrected chi connectivity index (χ0v) is 13.3. The molecule has 1 aromatic heterocycles. The van der Waals surface area contributed by atoms with Crippen molar-refractivity contribution in [2.75, 3.05) is 5.32 Å². The number of H-pyrrole nitrogens is 2. The summed E-state index contributed by atoms with van der Waals surface area (Å²) >= 11 is 0. The zero-order chi connectivity index (χ0) is 17.5. The molecule has 8 heteroatoms. The minimum absolute atomic E-state index is 0.104. The molecule has 0 spiro atoms. The molecule has 8 nitrogen and oxygen atoms in total. The summed E-state index contributed by atoms with van der Waals surface area (Å²) in [6.45, 7) is 0.431. The fourth-order valence-corrected chi connectivity index (χ4v) is 2.17. The van der Waals surface area contributed by atoms with Crippen molar-refractivity contribution in [2.24, 2.45) is 0 Å². The number of nitrogens with one attached hydrogen (secondary N) is 4. The Morgan fingerprint density at radius 2 is 1.84 bits per heavy atom. The van der Waals surface area contributed by atoms with Crippen LogP contribution < -0.4 is 21.1 Å². The summed E-state index contributed by atoms with van der Waals surface area (Å²) in [6, 6.07) is 16.4. The van der Waals surface area contributed by atoms with Gasteiger partial charge < -0.3 is 15.4 Å². The molecule has 0 bridgehead atoms. The average molecular weight is 339 g/mol. The SMILES string of the molecule is O=C(NCc1n[nH]c(=O)[nH]1)Nc1ccccc1COc1ccccc1. The molecule has 4 N–H and O–H groups in total. The van der Waals surface area contributed by atoms with Gasteiger partial charge in [-0.05, 0) is 18.2 Å². The molecule has 3 rings (SSSR count). The molecule has 2 amide bonds. The third kappa shape index (κ3) is 4.71. The van der Waals surface area contributed by atoms with Crippen LogP contribution in [0.15, 0.2) is 59.4 Å². The minimum atomic E-state index is -0.416. The number of rotatable bonds is 6. The van der Waals surface area contributed by atoms with E-state index < -0.39 is 11.7 Å². The Morgan fingerprint density at radius 1 is 1.08 bits per heavy atom. The lowest BCUT2D eigenvalue weighted by molar-refractivity contribution is 0.251. The van der Waals surface area contributed by atoms with Crippen LogP contribution in [-0.2, 0) is 13.2 Å². The van der Waals surface area contributed by atoms with E-state index in [2.05, 4.69) is 25.8 Å². The van der Waals surface area contributed by atoms with Gasteiger partial charge in [0.15, 0.2) is 0 Å². The Labute approximate surface area is 143 Å². The van der Waals surface area contributed by atoms with Crippen molar-refractivity contribution in [1.82, 2.24) is 20.5 Å². The van der Waals surface area contributed by atoms with Gasteiger partial charge in [0.1, 0.15) is 18.2 Å². The first-order valence-electron chi connectivity index (χ1n) is 7.65. The fraction of sp³-hybridized carbons (Fsp3) is 0.118. The Morgan fingerprint density at radius 3 is 2.60 bits per heavy atom. The number of aromatic nitrogens is 3. The maximum absolute atomic E-state index is 12.0. The average Bonchev–Trinajstić information content (AvgIpc) is 3.05. The van der Waals surface area contributed by atoms with Gasteiger partial charge in [-0.15, -0.1) is 0 Å². The molecule has 0 radical (unpaired) electrons. The normalized spacial score (nSPS) is 10.2. The standard InChI is InChI=1S/C17H17N5O3/c23-16(18-10-15-20-17(24)22-21-15)19-14-9-5-4-6-12(14)11-25-13-7-2-1-3-8-13/h1-9H,10-11H2,(H2,18,19,23)(H2,20,21,22,24). The first-order valence-corrected chi connectivity index (χ1v) is 7.65. The number of anilines is 1. The van der Waals surface area contributed by atoms with Crippen LogP contribution in [0, 0.1) is 0 Å². The highest BCUT2D eigenvalue weighted by Crippen LogP contribution is 2.18. The summed E-state index contributed by atoms with van der Waals surface area (Å²) in [6.07, 6.45) is 0. The van der Waals surface area contributed by atoms with Crippen LogP contribution in [0.5, 0.6) is 5.75 Å². The molecule has 0 aliphatic heterocycles. The Bertz CT molecular complexity index is 888. The quantitative estimate of drug-likeness (QED) is 0.550. The highest BCUT2D eigenvalue weighted by atomic mass is 16.5. The van der Waals surface area contributed by atoms with Gasteiger partial charge in [0.05, 0.1) is 6.54 Å². The van der Waals surface area contributed by atoms with Gasteiger partial charge in [-0.1, -0.05) is 36.4 Å². The molecule has 0 atom stereocenters. The summed E-state index contributed by atoms with van der Waals surface area (Å²) in [4.78, 5) is 25.4. The summed E-state index contributed by atoms with van der Waals surface area (Å²) in [5.41, 5.74) is 1.07. The molecule has 128 valence electrons. The maximum Gasteiger partial charge on any atom is 0.340 e. The third-order valence-corrected chi connectivity index (χ3v) is 3.37. The number of nitrogens with zero attached hydrogens (tertiary/aromatic N) is 1. The number of ether oxygens (including phenoxy) is 1. The first kappa shape index (κ1) is 16.3. The van der Waals surface area contributed by atoms with E-state index in [9.17, 15) is 9.59 Å². The minimum Gasteiger partial charge on any atom is -0.489 e. The van der Waals surface area contributed by atoms with E-state index in [1.807, 2.05) is 48.5 Å². The van der Waals surface area contributed by atoms with Crippen molar-refractivity contribution in [3.8, 4) is 5.75 Å². The summed E-state index contributed by atoms with van der Waals surface area (Å²) in [7, 11) is 0. The molecule has 0 saturated carbocycles. The van der Waals surface area contributed by atoms with Gasteiger partial charge in [0.25, 0.3) is 0 Å². The van der Waals surface area contributed by atoms with Gasteiger partial charge in [-0.3, -0.25) is 4.98 Å². The lowest BCUT2D eigenvalue weighted by Gasteiger charge is -2.12. The molecule has 2 aromatic carbocycles. The molecule has 0 saturated heterocycles. The van der Waals surface area contributed by atoms with E-state index in [0.717, 1.165) is 11.3 Å². The Hall–Kier alpha value is -3.55. The van der Waals surface area contributed by atoms with E-state index >= 15 is 0 Å². The van der Waals surface area contributed by atoms with Crippen molar-refractivity contribution in [1.29, 1.82) is 0 Å². The van der Waals surface area contributed by atoms with Crippen LogP contribution in [0.1, 0.15) is 11.4 Å². The van der Waals surface area contributed by atoms with E-state index in [1.54, 1.807) is 6.07 Å². The van der Waals surface area contributed by atoms with E-state index in [4.69, 9.17) is 4.74 Å². The van der Waals surface area contributed by atoms with Crippen LogP contribution in [0.3, 0.4) is 0 Å². The second-order valence-electron chi connectivity index (χ2n) is 5.19. The summed E-state index contributed by atoms with van der Waals surface area (Å²) in [5.74, 6) is 1.10. The van der Waals surface area contributed by atoms with Crippen molar-refractivity contribution < 1.29 is 9.53 Å². The molecular formula is C17H17N5O3. The molecule has 0 unspecified atom stereocenters. The number of carbonyl (C=O) groups is 1. The molecule has 0 aliphatic rings. The van der Waals surface area contributed by atoms with E-state index in [0.29, 0.717) is 18.1 Å². The largest absolute Gasteiger partial charge is 0.489 e. The number of aromatic amines is 2. The number of hydrogen-bond donors (Lipinski definition) is 4. The predicted octanol–water partition coefficient (Wildman–Crippen LogP) is 2.00. The smallest absolute Gasteiger partial charge is 0.340 e. The number of carbonyl (C=O) groups excluding carboxylic acids is 1. The second kappa shape index (κ2) is 7.82. The zero-order valence-electron chi connectivity index (χ0n) is 13.3. The lowest BCUT2D eigenvalue weighted by atomic mass is 10.2. The third-order valence-electron chi connectivity index (χ3n) is 3.37. The van der Waals surface area contributed by atoms with E-state index in [-0.39, 0.29) is 6.54 Å². The van der Waals surface area contributed by atoms with Gasteiger partial charge >= 0.3 is 11.7 Å². The van der Waals surface area contributed by atoms with Gasteiger partial charge in [-0.25, -0.2) is 14.7 Å². The molecule has 1 heterocycles. The van der Waals surface area contributed by atoms with Crippen molar-refractivity contribution in [3.63, 3.8) is 0 Å². The fourth-order valence-electron chi connectivity index (χ4n) is 2.17. The molecular weight excluding hydrogens is 322 g/mol. The van der Waals surface area contributed by atoms with Crippen LogP contribution in [0.25, 0.3) is 0 Å². The summed E-state index contributed by atoms with van der Waals surface area (Å²) < 4.78 is 5.72. The highest BCUT2D eigenvalue weighted by molar-refractivity contribution is 5.89. The topological polar surface area (TPSA) is 112 Å². The number of benzene rings is 2. The van der Waals surface area contributed by atoms with Crippen LogP contribution >= 0.6 is 0 Å². The second-order valence-corrected chi connectivity index (χ2v) is 5.19. The van der Waals surface area contributed by atoms with Gasteiger partial charge in [-0.2, -0.15) is 5.10 Å². The molecule has 0 fully saturated rings. The number of para-hydroxylation sites is 2. The van der Waals surface area contributed by atoms with Crippen LogP contribution in [0.2, 0.25) is 0 Å². The number of urea groups is 1. The Kier molecular flexibility index (Phi) is 5.10. The Balaban J connectivity index is 1.58. The highest BCUT2D eigenvalue weighted by Gasteiger charge is 2.08. The van der Waals surface area contributed by atoms with E-state index in [1.165, 1.54) is 0 Å².